The highest BCUT2D eigenvalue weighted by atomic mass is 32.2. The molecule has 0 spiro atoms. The average Bonchev–Trinajstić information content (AvgIpc) is 3.62. The van der Waals surface area contributed by atoms with Crippen LogP contribution in [0.1, 0.15) is 87.0 Å². The molecule has 270 valence electrons. The average molecular weight is 719 g/mol. The molecule has 12 heteroatoms. The van der Waals surface area contributed by atoms with Gasteiger partial charge < -0.3 is 15.2 Å². The lowest BCUT2D eigenvalue weighted by Gasteiger charge is -2.63. The topological polar surface area (TPSA) is 123 Å². The summed E-state index contributed by atoms with van der Waals surface area (Å²) >= 11 is 0.480. The number of hydrogen-bond donors (Lipinski definition) is 2. The number of rotatable bonds is 8. The number of thioether (sulfide) groups is 1. The quantitative estimate of drug-likeness (QED) is 0.251. The van der Waals surface area contributed by atoms with Gasteiger partial charge in [-0.15, -0.1) is 0 Å². The Kier molecular flexibility index (Phi) is 9.01. The van der Waals surface area contributed by atoms with Crippen molar-refractivity contribution < 1.29 is 33.0 Å². The molecule has 2 heterocycles. The predicted molar refractivity (Wildman–Crippen MR) is 189 cm³/mol. The molecule has 0 radical (unpaired) electrons. The summed E-state index contributed by atoms with van der Waals surface area (Å²) < 4.78 is 39.8. The van der Waals surface area contributed by atoms with Crippen LogP contribution in [0, 0.1) is 28.6 Å². The Bertz CT molecular complexity index is 1900. The minimum Gasteiger partial charge on any atom is -0.449 e. The largest absolute Gasteiger partial charge is 0.449 e. The molecule has 3 saturated carbocycles. The Morgan fingerprint density at radius 3 is 2.69 bits per heavy atom. The zero-order valence-electron chi connectivity index (χ0n) is 29.3. The molecule has 3 fully saturated rings. The van der Waals surface area contributed by atoms with E-state index in [1.807, 2.05) is 45.0 Å². The van der Waals surface area contributed by atoms with Crippen LogP contribution in [0.3, 0.4) is 0 Å². The van der Waals surface area contributed by atoms with Crippen LogP contribution in [0.5, 0.6) is 0 Å². The lowest BCUT2D eigenvalue weighted by Crippen LogP contribution is -2.70. The fourth-order valence-electron chi connectivity index (χ4n) is 10.2. The third kappa shape index (κ3) is 5.22. The molecule has 0 aliphatic heterocycles. The first kappa shape index (κ1) is 35.5. The second-order valence-electron chi connectivity index (χ2n) is 15.1. The van der Waals surface area contributed by atoms with Gasteiger partial charge in [-0.3, -0.25) is 19.4 Å². The maximum atomic E-state index is 18.3. The van der Waals surface area contributed by atoms with E-state index in [1.165, 1.54) is 0 Å². The number of carbonyl (C=O) groups excluding carboxylic acids is 3. The smallest absolute Gasteiger partial charge is 0.306 e. The van der Waals surface area contributed by atoms with E-state index >= 15 is 4.39 Å². The van der Waals surface area contributed by atoms with E-state index in [9.17, 15) is 23.9 Å². The minimum absolute atomic E-state index is 0.0354. The molecule has 3 aromatic rings. The number of amides is 1. The van der Waals surface area contributed by atoms with Crippen molar-refractivity contribution in [2.24, 2.45) is 28.6 Å². The van der Waals surface area contributed by atoms with Crippen molar-refractivity contribution in [1.82, 2.24) is 20.1 Å². The first-order chi connectivity index (χ1) is 24.3. The molecular weight excluding hydrogens is 675 g/mol. The summed E-state index contributed by atoms with van der Waals surface area (Å²) in [6.07, 6.45) is 7.28. The molecule has 1 aromatic carbocycles. The van der Waals surface area contributed by atoms with E-state index in [2.05, 4.69) is 10.3 Å². The van der Waals surface area contributed by atoms with Crippen LogP contribution in [0.2, 0.25) is 0 Å². The third-order valence-corrected chi connectivity index (χ3v) is 13.4. The van der Waals surface area contributed by atoms with E-state index in [0.29, 0.717) is 55.2 Å². The molecule has 4 aliphatic carbocycles. The molecule has 51 heavy (non-hydrogen) atoms. The van der Waals surface area contributed by atoms with E-state index < -0.39 is 57.1 Å². The van der Waals surface area contributed by atoms with Crippen molar-refractivity contribution in [1.29, 1.82) is 0 Å². The summed E-state index contributed by atoms with van der Waals surface area (Å²) in [6.45, 7) is 7.52. The number of nitrogens with one attached hydrogen (secondary N) is 1. The molecule has 7 rings (SSSR count). The highest BCUT2D eigenvalue weighted by molar-refractivity contribution is 8.13. The minimum atomic E-state index is -2.05. The van der Waals surface area contributed by atoms with Crippen molar-refractivity contribution in [3.8, 4) is 5.69 Å². The molecular formula is C39H44F2N4O5S. The van der Waals surface area contributed by atoms with Crippen LogP contribution in [-0.2, 0) is 27.3 Å². The van der Waals surface area contributed by atoms with Crippen LogP contribution in [0.25, 0.3) is 11.8 Å². The molecule has 9 nitrogen and oxygen atoms in total. The monoisotopic (exact) mass is 718 g/mol. The number of fused-ring (bicyclic) bond motifs is 6. The molecule has 4 aliphatic rings. The second-order valence-corrected chi connectivity index (χ2v) is 16.0. The van der Waals surface area contributed by atoms with E-state index in [1.54, 1.807) is 48.4 Å². The third-order valence-electron chi connectivity index (χ3n) is 12.7. The van der Waals surface area contributed by atoms with Gasteiger partial charge in [0.05, 0.1) is 23.7 Å². The van der Waals surface area contributed by atoms with Gasteiger partial charge in [-0.1, -0.05) is 45.4 Å². The lowest BCUT2D eigenvalue weighted by atomic mass is 9.44. The van der Waals surface area contributed by atoms with Crippen LogP contribution in [0.4, 0.5) is 8.78 Å². The number of aliphatic hydroxyl groups is 1. The predicted octanol–water partition coefficient (Wildman–Crippen LogP) is 6.57. The van der Waals surface area contributed by atoms with Crippen LogP contribution in [0.15, 0.2) is 60.6 Å². The van der Waals surface area contributed by atoms with Crippen molar-refractivity contribution in [2.45, 2.75) is 90.1 Å². The fraction of sp³-hybridized carbons (Fsp3) is 0.513. The highest BCUT2D eigenvalue weighted by Gasteiger charge is 2.77. The van der Waals surface area contributed by atoms with E-state index in [4.69, 9.17) is 9.84 Å². The number of halogens is 2. The maximum absolute atomic E-state index is 18.3. The summed E-state index contributed by atoms with van der Waals surface area (Å²) in [7, 11) is 0. The zero-order valence-corrected chi connectivity index (χ0v) is 30.1. The van der Waals surface area contributed by atoms with Gasteiger partial charge in [0.1, 0.15) is 11.7 Å². The van der Waals surface area contributed by atoms with Gasteiger partial charge in [0.25, 0.3) is 5.91 Å². The Morgan fingerprint density at radius 2 is 1.96 bits per heavy atom. The summed E-state index contributed by atoms with van der Waals surface area (Å²) in [5, 5.41) is 19.1. The number of ether oxygens (including phenoxy) is 1. The SMILES string of the molecule is CCC(=O)O[C@]1(C(=O)SCF)[C@H](C)C[C@H]2C3CCC4=Cc5c(cnn5-c5cccc(C(=O)NCc6cccnc6)c5)C[C@]4(C)[C@@]3(F)[C@@H](O)CC21C. The van der Waals surface area contributed by atoms with E-state index in [-0.39, 0.29) is 24.7 Å². The van der Waals surface area contributed by atoms with Crippen molar-refractivity contribution in [3.63, 3.8) is 0 Å². The maximum Gasteiger partial charge on any atom is 0.306 e. The van der Waals surface area contributed by atoms with Crippen LogP contribution < -0.4 is 5.32 Å². The van der Waals surface area contributed by atoms with Gasteiger partial charge in [0.2, 0.25) is 5.12 Å². The number of esters is 1. The number of carbonyl (C=O) groups is 3. The van der Waals surface area contributed by atoms with Gasteiger partial charge in [0.15, 0.2) is 5.60 Å². The first-order valence-electron chi connectivity index (χ1n) is 17.7. The number of benzene rings is 1. The van der Waals surface area contributed by atoms with Crippen LogP contribution in [-0.4, -0.2) is 60.2 Å². The Hall–Kier alpha value is -3.90. The Labute approximate surface area is 300 Å². The normalized spacial score (nSPS) is 33.6. The lowest BCUT2D eigenvalue weighted by molar-refractivity contribution is -0.231. The summed E-state index contributed by atoms with van der Waals surface area (Å²) in [4.78, 5) is 43.7. The van der Waals surface area contributed by atoms with Crippen LogP contribution >= 0.6 is 11.8 Å². The number of allylic oxidation sites excluding steroid dienone is 1. The summed E-state index contributed by atoms with van der Waals surface area (Å²) in [5.41, 5.74) is -1.32. The number of aromatic nitrogens is 3. The van der Waals surface area contributed by atoms with Gasteiger partial charge in [-0.05, 0) is 91.3 Å². The Morgan fingerprint density at radius 1 is 1.16 bits per heavy atom. The number of alkyl halides is 2. The molecule has 2 N–H and O–H groups in total. The molecule has 0 saturated heterocycles. The molecule has 1 amide bonds. The molecule has 0 bridgehead atoms. The summed E-state index contributed by atoms with van der Waals surface area (Å²) in [6, 6.07) is 9.93. The van der Waals surface area contributed by atoms with Gasteiger partial charge in [-0.25, -0.2) is 13.5 Å². The number of nitrogens with zero attached hydrogens (tertiary/aromatic N) is 3. The highest BCUT2D eigenvalue weighted by Crippen LogP contribution is 2.72. The zero-order chi connectivity index (χ0) is 36.3. The number of hydrogen-bond acceptors (Lipinski definition) is 8. The number of pyridine rings is 1. The van der Waals surface area contributed by atoms with Crippen molar-refractivity contribution >= 4 is 34.8 Å². The van der Waals surface area contributed by atoms with Crippen molar-refractivity contribution in [2.75, 3.05) is 6.01 Å². The summed E-state index contributed by atoms with van der Waals surface area (Å²) in [5.74, 6) is -2.30. The van der Waals surface area contributed by atoms with E-state index in [0.717, 1.165) is 22.4 Å². The standard InChI is InChI=1S/C39H44F2N4O5S/c1-5-33(47)50-39(35(49)51-22-40)23(2)14-30-29-12-11-27-16-31-26(17-36(27,3)38(29,41)32(46)18-37(30,39)4)21-44-45(31)28-10-6-9-25(15-28)34(48)43-20-24-8-7-13-42-19-24/h6-10,13,15-16,19,21,23,29-30,32,46H,5,11-12,14,17-18,20,22H2,1-4H3,(H,43,48)/t23-,29?,30+,32+,36+,37?,38+,39+/m1/s1. The first-order valence-corrected chi connectivity index (χ1v) is 18.7. The van der Waals surface area contributed by atoms with Crippen molar-refractivity contribution in [3.05, 3.63) is 82.9 Å². The van der Waals surface area contributed by atoms with Gasteiger partial charge >= 0.3 is 5.97 Å². The van der Waals surface area contributed by atoms with Gasteiger partial charge in [0, 0.05) is 53.6 Å². The molecule has 2 unspecified atom stereocenters. The Balaban J connectivity index is 1.19. The van der Waals surface area contributed by atoms with Gasteiger partial charge in [-0.2, -0.15) is 5.10 Å². The number of aliphatic hydroxyl groups excluding tert-OH is 1. The fourth-order valence-corrected chi connectivity index (χ4v) is 11.0. The second kappa shape index (κ2) is 12.9. The molecule has 8 atom stereocenters. The molecule has 2 aromatic heterocycles.